The Labute approximate surface area is 148 Å². The molecule has 0 radical (unpaired) electrons. The van der Waals surface area contributed by atoms with E-state index in [-0.39, 0.29) is 21.6 Å². The normalized spacial score (nSPS) is 11.2. The lowest BCUT2D eigenvalue weighted by atomic mass is 10.3. The van der Waals surface area contributed by atoms with E-state index in [0.717, 1.165) is 4.90 Å². The number of carbonyl (C=O) groups is 1. The van der Waals surface area contributed by atoms with Gasteiger partial charge in [-0.25, -0.2) is 8.42 Å². The molecule has 0 spiro atoms. The van der Waals surface area contributed by atoms with Crippen LogP contribution in [0.5, 0.6) is 0 Å². The maximum absolute atomic E-state index is 11.9. The molecule has 2 rings (SSSR count). The number of anilines is 1. The van der Waals surface area contributed by atoms with E-state index < -0.39 is 10.0 Å². The Kier molecular flexibility index (Phi) is 6.32. The average molecular weight is 391 g/mol. The number of sulfonamides is 1. The Morgan fingerprint density at radius 3 is 2.43 bits per heavy atom. The molecule has 0 bridgehead atoms. The lowest BCUT2D eigenvalue weighted by molar-refractivity contribution is -0.113. The van der Waals surface area contributed by atoms with E-state index in [2.05, 4.69) is 5.32 Å². The van der Waals surface area contributed by atoms with Crippen molar-refractivity contribution >= 4 is 56.8 Å². The molecule has 2 aromatic carbocycles. The van der Waals surface area contributed by atoms with Crippen LogP contribution < -0.4 is 9.56 Å². The van der Waals surface area contributed by atoms with Gasteiger partial charge in [0.05, 0.1) is 10.8 Å². The molecule has 2 N–H and O–H groups in total. The van der Waals surface area contributed by atoms with Gasteiger partial charge < -0.3 is 5.32 Å². The molecule has 9 heteroatoms. The summed E-state index contributed by atoms with van der Waals surface area (Å²) in [7, 11) is -3.85. The molecule has 0 fully saturated rings. The molecule has 5 nitrogen and oxygen atoms in total. The van der Waals surface area contributed by atoms with Gasteiger partial charge in [0.1, 0.15) is 4.90 Å². The van der Waals surface area contributed by atoms with Gasteiger partial charge in [0.25, 0.3) is 10.0 Å². The van der Waals surface area contributed by atoms with Crippen LogP contribution in [0.3, 0.4) is 0 Å². The third-order valence-corrected chi connectivity index (χ3v) is 5.90. The van der Waals surface area contributed by atoms with E-state index in [1.165, 1.54) is 30.0 Å². The van der Waals surface area contributed by atoms with Crippen LogP contribution in [0.25, 0.3) is 0 Å². The molecule has 0 aromatic heterocycles. The van der Waals surface area contributed by atoms with Crippen molar-refractivity contribution in [1.82, 2.24) is 4.24 Å². The molecule has 0 aliphatic carbocycles. The first-order valence-electron chi connectivity index (χ1n) is 6.32. The highest BCUT2D eigenvalue weighted by Crippen LogP contribution is 2.25. The summed E-state index contributed by atoms with van der Waals surface area (Å²) < 4.78 is 24.9. The van der Waals surface area contributed by atoms with Crippen LogP contribution in [0.4, 0.5) is 5.69 Å². The van der Waals surface area contributed by atoms with Crippen LogP contribution in [0, 0.1) is 0 Å². The summed E-state index contributed by atoms with van der Waals surface area (Å²) in [5.41, 5.74) is 0.405. The highest BCUT2D eigenvalue weighted by molar-refractivity contribution is 8.00. The van der Waals surface area contributed by atoms with Crippen molar-refractivity contribution in [1.29, 1.82) is 0 Å². The first-order chi connectivity index (χ1) is 10.9. The average Bonchev–Trinajstić information content (AvgIpc) is 2.54. The highest BCUT2D eigenvalue weighted by Gasteiger charge is 2.17. The quantitative estimate of drug-likeness (QED) is 0.584. The van der Waals surface area contributed by atoms with E-state index in [4.69, 9.17) is 23.4 Å². The number of hydrogen-bond donors (Lipinski definition) is 2. The summed E-state index contributed by atoms with van der Waals surface area (Å²) in [5, 5.41) is 2.62. The van der Waals surface area contributed by atoms with Crippen LogP contribution in [0.1, 0.15) is 0 Å². The van der Waals surface area contributed by atoms with Crippen LogP contribution in [-0.4, -0.2) is 20.1 Å². The number of carbonyl (C=O) groups excluding carboxylic acids is 1. The fraction of sp³-hybridized carbons (Fsp3) is 0.0714. The number of thioether (sulfide) groups is 1. The van der Waals surface area contributed by atoms with Crippen molar-refractivity contribution in [3.63, 3.8) is 0 Å². The molecule has 0 saturated heterocycles. The van der Waals surface area contributed by atoms with Gasteiger partial charge in [0.15, 0.2) is 0 Å². The Bertz CT molecular complexity index is 799. The Balaban J connectivity index is 2.00. The van der Waals surface area contributed by atoms with Gasteiger partial charge in [0, 0.05) is 10.6 Å². The van der Waals surface area contributed by atoms with Gasteiger partial charge >= 0.3 is 0 Å². The van der Waals surface area contributed by atoms with Gasteiger partial charge in [-0.2, -0.15) is 0 Å². The zero-order valence-electron chi connectivity index (χ0n) is 11.6. The van der Waals surface area contributed by atoms with E-state index in [9.17, 15) is 13.2 Å². The van der Waals surface area contributed by atoms with Gasteiger partial charge in [0.2, 0.25) is 5.91 Å². The third-order valence-electron chi connectivity index (χ3n) is 2.72. The Morgan fingerprint density at radius 1 is 1.13 bits per heavy atom. The minimum atomic E-state index is -3.85. The maximum Gasteiger partial charge on any atom is 0.255 e. The second-order valence-corrected chi connectivity index (χ2v) is 7.90. The molecule has 0 aliphatic rings. The van der Waals surface area contributed by atoms with Crippen molar-refractivity contribution in [3.8, 4) is 0 Å². The molecule has 122 valence electrons. The fourth-order valence-electron chi connectivity index (χ4n) is 1.70. The zero-order valence-corrected chi connectivity index (χ0v) is 14.8. The van der Waals surface area contributed by atoms with Gasteiger partial charge in [-0.1, -0.05) is 29.8 Å². The minimum Gasteiger partial charge on any atom is -0.325 e. The molecular weight excluding hydrogens is 379 g/mol. The number of rotatable bonds is 6. The molecule has 0 heterocycles. The summed E-state index contributed by atoms with van der Waals surface area (Å²) in [5.74, 6) is 0.00580. The summed E-state index contributed by atoms with van der Waals surface area (Å²) in [6, 6.07) is 13.6. The number of hydrogen-bond acceptors (Lipinski definition) is 4. The summed E-state index contributed by atoms with van der Waals surface area (Å²) in [4.78, 5) is 12.7. The number of halogens is 2. The smallest absolute Gasteiger partial charge is 0.255 e. The molecule has 2 aromatic rings. The summed E-state index contributed by atoms with van der Waals surface area (Å²) in [6.45, 7) is 0. The lowest BCUT2D eigenvalue weighted by Gasteiger charge is -2.08. The third kappa shape index (κ3) is 5.12. The topological polar surface area (TPSA) is 75.3 Å². The standard InChI is InChI=1S/C14H12Cl2N2O3S2/c15-12-8-10(6-7-13(12)23(20,21)18-16)17-14(19)9-22-11-4-2-1-3-5-11/h1-8,18H,9H2,(H,17,19). The predicted octanol–water partition coefficient (Wildman–Crippen LogP) is 3.50. The van der Waals surface area contributed by atoms with E-state index in [1.54, 1.807) is 4.24 Å². The van der Waals surface area contributed by atoms with E-state index >= 15 is 0 Å². The first kappa shape index (κ1) is 18.1. The van der Waals surface area contributed by atoms with Crippen LogP contribution >= 0.6 is 35.1 Å². The van der Waals surface area contributed by atoms with E-state index in [0.29, 0.717) is 5.69 Å². The molecular formula is C14H12Cl2N2O3S2. The highest BCUT2D eigenvalue weighted by atomic mass is 35.5. The Morgan fingerprint density at radius 2 is 1.83 bits per heavy atom. The number of benzene rings is 2. The second kappa shape index (κ2) is 8.03. The SMILES string of the molecule is O=C(CSc1ccccc1)Nc1ccc(S(=O)(=O)NCl)c(Cl)c1. The summed E-state index contributed by atoms with van der Waals surface area (Å²) >= 11 is 12.5. The Hall–Kier alpha value is -1.25. The van der Waals surface area contributed by atoms with Gasteiger partial charge in [-0.3, -0.25) is 4.79 Å². The predicted molar refractivity (Wildman–Crippen MR) is 93.4 cm³/mol. The first-order valence-corrected chi connectivity index (χ1v) is 9.54. The minimum absolute atomic E-state index is 0.0355. The lowest BCUT2D eigenvalue weighted by Crippen LogP contribution is -2.16. The molecule has 0 atom stereocenters. The van der Waals surface area contributed by atoms with E-state index in [1.807, 2.05) is 30.3 Å². The van der Waals surface area contributed by atoms with Crippen molar-refractivity contribution in [2.45, 2.75) is 9.79 Å². The van der Waals surface area contributed by atoms with Crippen molar-refractivity contribution in [3.05, 3.63) is 53.6 Å². The second-order valence-electron chi connectivity index (χ2n) is 4.38. The molecule has 0 unspecified atom stereocenters. The summed E-state index contributed by atoms with van der Waals surface area (Å²) in [6.07, 6.45) is 0. The van der Waals surface area contributed by atoms with Crippen molar-refractivity contribution in [2.75, 3.05) is 11.1 Å². The molecule has 1 amide bonds. The molecule has 23 heavy (non-hydrogen) atoms. The zero-order chi connectivity index (χ0) is 16.9. The van der Waals surface area contributed by atoms with Crippen LogP contribution in [-0.2, 0) is 14.8 Å². The number of amides is 1. The van der Waals surface area contributed by atoms with Crippen LogP contribution in [0.15, 0.2) is 58.3 Å². The van der Waals surface area contributed by atoms with Gasteiger partial charge in [-0.15, -0.1) is 16.0 Å². The number of nitrogens with one attached hydrogen (secondary N) is 2. The largest absolute Gasteiger partial charge is 0.325 e. The molecule has 0 aliphatic heterocycles. The molecule has 0 saturated carbocycles. The fourth-order valence-corrected chi connectivity index (χ4v) is 3.80. The maximum atomic E-state index is 11.9. The van der Waals surface area contributed by atoms with Crippen LogP contribution in [0.2, 0.25) is 5.02 Å². The van der Waals surface area contributed by atoms with Crippen molar-refractivity contribution in [2.24, 2.45) is 0 Å². The van der Waals surface area contributed by atoms with Crippen molar-refractivity contribution < 1.29 is 13.2 Å². The monoisotopic (exact) mass is 390 g/mol. The van der Waals surface area contributed by atoms with Gasteiger partial charge in [-0.05, 0) is 42.1 Å².